The van der Waals surface area contributed by atoms with Gasteiger partial charge in [-0.25, -0.2) is 0 Å². The number of methoxy groups -OCH3 is 1. The largest absolute Gasteiger partial charge is 0.465 e. The number of rotatable bonds is 4. The molecule has 1 N–H and O–H groups in total. The van der Waals surface area contributed by atoms with Gasteiger partial charge < -0.3 is 14.5 Å². The topological polar surface area (TPSA) is 37.5 Å². The molecule has 6 rings (SSSR count). The SMILES string of the molecule is CCC1CC2CC3c4[nH]c5ccc(OC(C)OC)cc5c4CCN(C2)C13. The molecule has 3 fully saturated rings. The zero-order chi connectivity index (χ0) is 17.8. The summed E-state index contributed by atoms with van der Waals surface area (Å²) in [5.74, 6) is 3.33. The minimum absolute atomic E-state index is 0.226. The molecule has 140 valence electrons. The Balaban J connectivity index is 1.57. The number of benzene rings is 1. The van der Waals surface area contributed by atoms with Gasteiger partial charge in [-0.05, 0) is 61.8 Å². The molecule has 1 aliphatic carbocycles. The van der Waals surface area contributed by atoms with Gasteiger partial charge in [0.05, 0.1) is 0 Å². The zero-order valence-electron chi connectivity index (χ0n) is 16.1. The molecule has 6 unspecified atom stereocenters. The van der Waals surface area contributed by atoms with E-state index in [0.29, 0.717) is 5.92 Å². The minimum atomic E-state index is -0.226. The maximum atomic E-state index is 5.89. The van der Waals surface area contributed by atoms with Gasteiger partial charge in [0.2, 0.25) is 0 Å². The maximum Gasteiger partial charge on any atom is 0.196 e. The van der Waals surface area contributed by atoms with E-state index < -0.39 is 0 Å². The van der Waals surface area contributed by atoms with Gasteiger partial charge in [-0.2, -0.15) is 0 Å². The van der Waals surface area contributed by atoms with Gasteiger partial charge in [-0.3, -0.25) is 4.90 Å². The average molecular weight is 354 g/mol. The van der Waals surface area contributed by atoms with E-state index in [1.807, 2.05) is 6.92 Å². The van der Waals surface area contributed by atoms with Gasteiger partial charge in [0.15, 0.2) is 6.29 Å². The highest BCUT2D eigenvalue weighted by Crippen LogP contribution is 2.51. The summed E-state index contributed by atoms with van der Waals surface area (Å²) in [4.78, 5) is 6.63. The lowest BCUT2D eigenvalue weighted by molar-refractivity contribution is -0.0381. The predicted octanol–water partition coefficient (Wildman–Crippen LogP) is 4.30. The molecule has 0 amide bonds. The van der Waals surface area contributed by atoms with Crippen LogP contribution in [0, 0.1) is 11.8 Å². The van der Waals surface area contributed by atoms with Crippen LogP contribution in [0.15, 0.2) is 18.2 Å². The van der Waals surface area contributed by atoms with Crippen molar-refractivity contribution in [3.63, 3.8) is 0 Å². The number of aromatic amines is 1. The molecule has 4 nitrogen and oxygen atoms in total. The van der Waals surface area contributed by atoms with Gasteiger partial charge >= 0.3 is 0 Å². The second-order valence-electron chi connectivity index (χ2n) is 8.49. The van der Waals surface area contributed by atoms with Crippen molar-refractivity contribution in [3.8, 4) is 5.75 Å². The molecule has 6 atom stereocenters. The van der Waals surface area contributed by atoms with Crippen molar-refractivity contribution in [1.29, 1.82) is 0 Å². The smallest absolute Gasteiger partial charge is 0.196 e. The second-order valence-corrected chi connectivity index (χ2v) is 8.49. The second kappa shape index (κ2) is 6.28. The van der Waals surface area contributed by atoms with E-state index in [0.717, 1.165) is 30.0 Å². The fourth-order valence-corrected chi connectivity index (χ4v) is 5.99. The van der Waals surface area contributed by atoms with Crippen LogP contribution in [0.25, 0.3) is 10.9 Å². The first-order chi connectivity index (χ1) is 12.7. The van der Waals surface area contributed by atoms with E-state index in [1.165, 1.54) is 54.5 Å². The van der Waals surface area contributed by atoms with E-state index in [2.05, 4.69) is 35.0 Å². The number of nitrogens with one attached hydrogen (secondary N) is 1. The summed E-state index contributed by atoms with van der Waals surface area (Å²) in [6.07, 6.45) is 5.04. The van der Waals surface area contributed by atoms with E-state index in [4.69, 9.17) is 9.47 Å². The number of aromatic nitrogens is 1. The summed E-state index contributed by atoms with van der Waals surface area (Å²) >= 11 is 0. The Kier molecular flexibility index (Phi) is 4.02. The number of fused-ring (bicyclic) bond motifs is 4. The van der Waals surface area contributed by atoms with Crippen LogP contribution in [0.4, 0.5) is 0 Å². The standard InChI is InChI=1S/C22H30N2O2/c1-4-15-9-14-10-19-21-17(7-8-24(12-14)22(15)19)18-11-16(26-13(2)25-3)5-6-20(18)23-21/h5-6,11,13-15,19,22-23H,4,7-10,12H2,1-3H3. The highest BCUT2D eigenvalue weighted by molar-refractivity contribution is 5.86. The van der Waals surface area contributed by atoms with Crippen LogP contribution in [0.1, 0.15) is 50.3 Å². The van der Waals surface area contributed by atoms with Crippen molar-refractivity contribution in [2.45, 2.75) is 57.8 Å². The Morgan fingerprint density at radius 2 is 2.19 bits per heavy atom. The first kappa shape index (κ1) is 16.6. The summed E-state index contributed by atoms with van der Waals surface area (Å²) < 4.78 is 11.1. The summed E-state index contributed by atoms with van der Waals surface area (Å²) in [5.41, 5.74) is 4.31. The Hall–Kier alpha value is -1.52. The molecule has 4 heterocycles. The Labute approximate surface area is 155 Å². The monoisotopic (exact) mass is 354 g/mol. The summed E-state index contributed by atoms with van der Waals surface area (Å²) in [5, 5.41) is 1.35. The van der Waals surface area contributed by atoms with E-state index >= 15 is 0 Å². The average Bonchev–Trinajstić information content (AvgIpc) is 2.98. The molecular weight excluding hydrogens is 324 g/mol. The Bertz CT molecular complexity index is 814. The van der Waals surface area contributed by atoms with Crippen LogP contribution in [0.5, 0.6) is 5.75 Å². The first-order valence-electron chi connectivity index (χ1n) is 10.3. The third kappa shape index (κ3) is 2.49. The lowest BCUT2D eigenvalue weighted by atomic mass is 9.65. The van der Waals surface area contributed by atoms with Gasteiger partial charge in [-0.1, -0.05) is 13.3 Å². The maximum absolute atomic E-state index is 5.89. The number of nitrogens with zero attached hydrogens (tertiary/aromatic N) is 1. The summed E-state index contributed by atoms with van der Waals surface area (Å²) in [7, 11) is 1.68. The van der Waals surface area contributed by atoms with Crippen molar-refractivity contribution < 1.29 is 9.47 Å². The van der Waals surface area contributed by atoms with Gasteiger partial charge in [0.1, 0.15) is 5.75 Å². The fourth-order valence-electron chi connectivity index (χ4n) is 5.99. The third-order valence-electron chi connectivity index (χ3n) is 7.12. The zero-order valence-corrected chi connectivity index (χ0v) is 16.1. The summed E-state index contributed by atoms with van der Waals surface area (Å²) in [6.45, 7) is 6.83. The minimum Gasteiger partial charge on any atom is -0.465 e. The van der Waals surface area contributed by atoms with Crippen LogP contribution in [-0.2, 0) is 11.2 Å². The number of hydrogen-bond donors (Lipinski definition) is 1. The van der Waals surface area contributed by atoms with Crippen LogP contribution < -0.4 is 4.74 Å². The number of piperidine rings is 2. The van der Waals surface area contributed by atoms with Gasteiger partial charge in [0.25, 0.3) is 0 Å². The van der Waals surface area contributed by atoms with Crippen molar-refractivity contribution >= 4 is 10.9 Å². The molecule has 0 spiro atoms. The molecule has 4 aliphatic rings. The predicted molar refractivity (Wildman–Crippen MR) is 104 cm³/mol. The normalized spacial score (nSPS) is 33.7. The molecule has 4 bridgehead atoms. The van der Waals surface area contributed by atoms with Crippen LogP contribution in [-0.4, -0.2) is 42.4 Å². The Morgan fingerprint density at radius 3 is 3.00 bits per heavy atom. The highest BCUT2D eigenvalue weighted by atomic mass is 16.7. The molecule has 2 aromatic rings. The molecule has 4 heteroatoms. The summed E-state index contributed by atoms with van der Waals surface area (Å²) in [6, 6.07) is 7.18. The van der Waals surface area contributed by atoms with E-state index in [9.17, 15) is 0 Å². The molecular formula is C22H30N2O2. The van der Waals surface area contributed by atoms with Crippen molar-refractivity contribution in [2.24, 2.45) is 11.8 Å². The van der Waals surface area contributed by atoms with Crippen molar-refractivity contribution in [2.75, 3.05) is 20.2 Å². The van der Waals surface area contributed by atoms with Crippen molar-refractivity contribution in [3.05, 3.63) is 29.5 Å². The van der Waals surface area contributed by atoms with Crippen LogP contribution in [0.2, 0.25) is 0 Å². The molecule has 0 radical (unpaired) electrons. The lowest BCUT2D eigenvalue weighted by Gasteiger charge is -2.53. The molecule has 1 aromatic carbocycles. The molecule has 1 saturated carbocycles. The van der Waals surface area contributed by atoms with E-state index in [-0.39, 0.29) is 6.29 Å². The lowest BCUT2D eigenvalue weighted by Crippen LogP contribution is -2.56. The first-order valence-corrected chi connectivity index (χ1v) is 10.3. The molecule has 2 saturated heterocycles. The van der Waals surface area contributed by atoms with E-state index in [1.54, 1.807) is 7.11 Å². The van der Waals surface area contributed by atoms with Gasteiger partial charge in [0, 0.05) is 48.8 Å². The van der Waals surface area contributed by atoms with Crippen LogP contribution in [0.3, 0.4) is 0 Å². The third-order valence-corrected chi connectivity index (χ3v) is 7.12. The Morgan fingerprint density at radius 1 is 1.31 bits per heavy atom. The fraction of sp³-hybridized carbons (Fsp3) is 0.636. The molecule has 1 aromatic heterocycles. The molecule has 26 heavy (non-hydrogen) atoms. The quantitative estimate of drug-likeness (QED) is 0.832. The number of ether oxygens (including phenoxy) is 2. The molecule has 3 aliphatic heterocycles. The highest BCUT2D eigenvalue weighted by Gasteiger charge is 2.48. The number of H-pyrrole nitrogens is 1. The van der Waals surface area contributed by atoms with Gasteiger partial charge in [-0.15, -0.1) is 0 Å². The number of hydrogen-bond acceptors (Lipinski definition) is 3. The van der Waals surface area contributed by atoms with Crippen molar-refractivity contribution in [1.82, 2.24) is 9.88 Å². The van der Waals surface area contributed by atoms with Crippen LogP contribution >= 0.6 is 0 Å².